The van der Waals surface area contributed by atoms with Crippen molar-refractivity contribution in [3.8, 4) is 0 Å². The second-order valence-electron chi connectivity index (χ2n) is 6.36. The predicted octanol–water partition coefficient (Wildman–Crippen LogP) is 2.10. The first-order valence-electron chi connectivity index (χ1n) is 8.27. The number of rotatable bonds is 5. The molecule has 1 fully saturated rings. The van der Waals surface area contributed by atoms with Gasteiger partial charge in [-0.25, -0.2) is 4.39 Å². The van der Waals surface area contributed by atoms with E-state index in [0.717, 1.165) is 24.9 Å². The lowest BCUT2D eigenvalue weighted by Crippen LogP contribution is -2.40. The fourth-order valence-corrected chi connectivity index (χ4v) is 3.16. The summed E-state index contributed by atoms with van der Waals surface area (Å²) in [6.45, 7) is 2.13. The normalized spacial score (nSPS) is 18.0. The summed E-state index contributed by atoms with van der Waals surface area (Å²) < 4.78 is 13.3. The molecule has 132 valence electrons. The van der Waals surface area contributed by atoms with Crippen LogP contribution in [0.5, 0.6) is 0 Å². The number of carbonyl (C=O) groups is 2. The van der Waals surface area contributed by atoms with E-state index in [-0.39, 0.29) is 23.3 Å². The monoisotopic (exact) mass is 344 g/mol. The Morgan fingerprint density at radius 3 is 2.92 bits per heavy atom. The molecule has 3 rings (SSSR count). The summed E-state index contributed by atoms with van der Waals surface area (Å²) in [6, 6.07) is 8.05. The molecule has 2 amide bonds. The molecule has 1 aromatic carbocycles. The minimum atomic E-state index is -0.570. The van der Waals surface area contributed by atoms with Gasteiger partial charge in [0.1, 0.15) is 11.5 Å². The number of aromatic amines is 1. The molecule has 1 aliphatic heterocycles. The van der Waals surface area contributed by atoms with Crippen molar-refractivity contribution in [1.82, 2.24) is 9.88 Å². The molecule has 1 saturated heterocycles. The number of hydrogen-bond donors (Lipinski definition) is 3. The van der Waals surface area contributed by atoms with Gasteiger partial charge in [-0.2, -0.15) is 0 Å². The third kappa shape index (κ3) is 4.45. The SMILES string of the molecule is NC(=O)c1cc(NC(=O)C2CCCN(Cc3cccc(F)c3)C2)c[nH]1. The summed E-state index contributed by atoms with van der Waals surface area (Å²) in [6.07, 6.45) is 3.26. The van der Waals surface area contributed by atoms with Gasteiger partial charge in [0.05, 0.1) is 11.6 Å². The molecule has 0 radical (unpaired) electrons. The van der Waals surface area contributed by atoms with Gasteiger partial charge in [-0.3, -0.25) is 14.5 Å². The second kappa shape index (κ2) is 7.48. The van der Waals surface area contributed by atoms with Gasteiger partial charge >= 0.3 is 0 Å². The highest BCUT2D eigenvalue weighted by Gasteiger charge is 2.26. The zero-order valence-electron chi connectivity index (χ0n) is 13.8. The van der Waals surface area contributed by atoms with E-state index in [4.69, 9.17) is 5.73 Å². The Labute approximate surface area is 145 Å². The lowest BCUT2D eigenvalue weighted by molar-refractivity contribution is -0.121. The van der Waals surface area contributed by atoms with Gasteiger partial charge in [-0.1, -0.05) is 12.1 Å². The van der Waals surface area contributed by atoms with E-state index in [1.54, 1.807) is 12.3 Å². The van der Waals surface area contributed by atoms with E-state index in [1.165, 1.54) is 18.2 Å². The quantitative estimate of drug-likeness (QED) is 0.776. The largest absolute Gasteiger partial charge is 0.364 e. The van der Waals surface area contributed by atoms with Crippen LogP contribution in [0.15, 0.2) is 36.5 Å². The molecule has 1 atom stereocenters. The number of aromatic nitrogens is 1. The first kappa shape index (κ1) is 17.2. The van der Waals surface area contributed by atoms with Crippen molar-refractivity contribution < 1.29 is 14.0 Å². The fourth-order valence-electron chi connectivity index (χ4n) is 3.16. The summed E-state index contributed by atoms with van der Waals surface area (Å²) in [5.74, 6) is -1.05. The maximum absolute atomic E-state index is 13.3. The number of likely N-dealkylation sites (tertiary alicyclic amines) is 1. The van der Waals surface area contributed by atoms with E-state index in [1.807, 2.05) is 6.07 Å². The molecule has 0 bridgehead atoms. The summed E-state index contributed by atoms with van der Waals surface area (Å²) in [5, 5.41) is 2.82. The molecule has 1 aliphatic rings. The van der Waals surface area contributed by atoms with Crippen molar-refractivity contribution in [3.05, 3.63) is 53.6 Å². The third-order valence-electron chi connectivity index (χ3n) is 4.39. The van der Waals surface area contributed by atoms with Crippen LogP contribution in [-0.4, -0.2) is 34.8 Å². The molecular weight excluding hydrogens is 323 g/mol. The summed E-state index contributed by atoms with van der Waals surface area (Å²) in [4.78, 5) is 28.4. The van der Waals surface area contributed by atoms with Gasteiger partial charge < -0.3 is 16.0 Å². The number of nitrogens with two attached hydrogens (primary N) is 1. The Balaban J connectivity index is 1.58. The van der Waals surface area contributed by atoms with Crippen LogP contribution in [-0.2, 0) is 11.3 Å². The van der Waals surface area contributed by atoms with Crippen molar-refractivity contribution in [3.63, 3.8) is 0 Å². The van der Waals surface area contributed by atoms with Crippen LogP contribution in [0.25, 0.3) is 0 Å². The number of H-pyrrole nitrogens is 1. The molecule has 1 unspecified atom stereocenters. The lowest BCUT2D eigenvalue weighted by Gasteiger charge is -2.32. The zero-order valence-corrected chi connectivity index (χ0v) is 13.8. The molecule has 6 nitrogen and oxygen atoms in total. The molecule has 1 aromatic heterocycles. The molecule has 2 aromatic rings. The molecule has 2 heterocycles. The Bertz CT molecular complexity index is 774. The highest BCUT2D eigenvalue weighted by molar-refractivity contribution is 5.96. The van der Waals surface area contributed by atoms with E-state index < -0.39 is 5.91 Å². The van der Waals surface area contributed by atoms with Gasteiger partial charge in [-0.15, -0.1) is 0 Å². The zero-order chi connectivity index (χ0) is 17.8. The topological polar surface area (TPSA) is 91.2 Å². The Morgan fingerprint density at radius 1 is 1.36 bits per heavy atom. The van der Waals surface area contributed by atoms with Gasteiger partial charge in [0.2, 0.25) is 5.91 Å². The van der Waals surface area contributed by atoms with Gasteiger partial charge in [-0.05, 0) is 43.1 Å². The summed E-state index contributed by atoms with van der Waals surface area (Å²) in [7, 11) is 0. The number of hydrogen-bond acceptors (Lipinski definition) is 3. The number of nitrogens with zero attached hydrogens (tertiary/aromatic N) is 1. The second-order valence-corrected chi connectivity index (χ2v) is 6.36. The molecule has 0 saturated carbocycles. The van der Waals surface area contributed by atoms with Crippen LogP contribution in [0.1, 0.15) is 28.9 Å². The Hall–Kier alpha value is -2.67. The van der Waals surface area contributed by atoms with Crippen molar-refractivity contribution >= 4 is 17.5 Å². The Morgan fingerprint density at radius 2 is 2.20 bits per heavy atom. The van der Waals surface area contributed by atoms with Crippen molar-refractivity contribution in [1.29, 1.82) is 0 Å². The highest BCUT2D eigenvalue weighted by atomic mass is 19.1. The molecule has 25 heavy (non-hydrogen) atoms. The molecule has 0 aliphatic carbocycles. The number of piperidine rings is 1. The first-order valence-corrected chi connectivity index (χ1v) is 8.27. The van der Waals surface area contributed by atoms with Gasteiger partial charge in [0, 0.05) is 19.3 Å². The summed E-state index contributed by atoms with van der Waals surface area (Å²) in [5.41, 5.74) is 6.87. The minimum Gasteiger partial charge on any atom is -0.364 e. The van der Waals surface area contributed by atoms with Crippen LogP contribution in [0.2, 0.25) is 0 Å². The Kier molecular flexibility index (Phi) is 5.14. The third-order valence-corrected chi connectivity index (χ3v) is 4.39. The number of anilines is 1. The van der Waals surface area contributed by atoms with Crippen LogP contribution >= 0.6 is 0 Å². The maximum atomic E-state index is 13.3. The molecular formula is C18H21FN4O2. The van der Waals surface area contributed by atoms with E-state index in [2.05, 4.69) is 15.2 Å². The fraction of sp³-hybridized carbons (Fsp3) is 0.333. The van der Waals surface area contributed by atoms with Crippen LogP contribution in [0, 0.1) is 11.7 Å². The van der Waals surface area contributed by atoms with E-state index in [9.17, 15) is 14.0 Å². The van der Waals surface area contributed by atoms with E-state index >= 15 is 0 Å². The van der Waals surface area contributed by atoms with E-state index in [0.29, 0.717) is 18.8 Å². The molecule has 7 heteroatoms. The van der Waals surface area contributed by atoms with Crippen molar-refractivity contribution in [2.45, 2.75) is 19.4 Å². The standard InChI is InChI=1S/C18H21FN4O2/c19-14-5-1-3-12(7-14)10-23-6-2-4-13(11-23)18(25)22-15-8-16(17(20)24)21-9-15/h1,3,5,7-9,13,21H,2,4,6,10-11H2,(H2,20,24)(H,22,25). The number of amides is 2. The minimum absolute atomic E-state index is 0.0843. The predicted molar refractivity (Wildman–Crippen MR) is 92.3 cm³/mol. The molecule has 0 spiro atoms. The number of carbonyl (C=O) groups excluding carboxylic acids is 2. The maximum Gasteiger partial charge on any atom is 0.265 e. The lowest BCUT2D eigenvalue weighted by atomic mass is 9.96. The first-order chi connectivity index (χ1) is 12.0. The van der Waals surface area contributed by atoms with Crippen molar-refractivity contribution in [2.75, 3.05) is 18.4 Å². The number of halogens is 1. The number of nitrogens with one attached hydrogen (secondary N) is 2. The van der Waals surface area contributed by atoms with Crippen LogP contribution in [0.3, 0.4) is 0 Å². The van der Waals surface area contributed by atoms with Crippen molar-refractivity contribution in [2.24, 2.45) is 11.7 Å². The average Bonchev–Trinajstić information content (AvgIpc) is 3.04. The van der Waals surface area contributed by atoms with Crippen LogP contribution < -0.4 is 11.1 Å². The highest BCUT2D eigenvalue weighted by Crippen LogP contribution is 2.21. The smallest absolute Gasteiger partial charge is 0.265 e. The van der Waals surface area contributed by atoms with Gasteiger partial charge in [0.25, 0.3) is 5.91 Å². The van der Waals surface area contributed by atoms with Gasteiger partial charge in [0.15, 0.2) is 0 Å². The number of benzene rings is 1. The summed E-state index contributed by atoms with van der Waals surface area (Å²) >= 11 is 0. The van der Waals surface area contributed by atoms with Crippen LogP contribution in [0.4, 0.5) is 10.1 Å². The average molecular weight is 344 g/mol. The molecule has 4 N–H and O–H groups in total. The number of primary amides is 1.